The zero-order valence-electron chi connectivity index (χ0n) is 39.0. The van der Waals surface area contributed by atoms with E-state index in [4.69, 9.17) is 9.47 Å². The molecule has 66 heavy (non-hydrogen) atoms. The van der Waals surface area contributed by atoms with Gasteiger partial charge in [-0.2, -0.15) is 17.6 Å². The number of ether oxygens (including phenoxy) is 4. The lowest BCUT2D eigenvalue weighted by molar-refractivity contribution is -0.894. The Kier molecular flexibility index (Phi) is 18.2. The van der Waals surface area contributed by atoms with Crippen molar-refractivity contribution in [3.63, 3.8) is 0 Å². The first-order valence-electron chi connectivity index (χ1n) is 21.0. The van der Waals surface area contributed by atoms with Gasteiger partial charge in [0.2, 0.25) is 23.5 Å². The number of esters is 4. The Morgan fingerprint density at radius 3 is 1.18 bits per heavy atom. The number of fused-ring (bicyclic) bond motifs is 4. The lowest BCUT2D eigenvalue weighted by atomic mass is 9.66. The van der Waals surface area contributed by atoms with Gasteiger partial charge in [0.25, 0.3) is 22.6 Å². The summed E-state index contributed by atoms with van der Waals surface area (Å²) < 4.78 is 162. The largest absolute Gasteiger partial charge is 0.743 e. The van der Waals surface area contributed by atoms with Crippen LogP contribution in [0.1, 0.15) is 114 Å². The summed E-state index contributed by atoms with van der Waals surface area (Å²) in [6.45, 7) is 23.3. The minimum absolute atomic E-state index is 0.0638. The van der Waals surface area contributed by atoms with Crippen molar-refractivity contribution in [3.8, 4) is 0 Å². The van der Waals surface area contributed by atoms with Gasteiger partial charge in [-0.05, 0) is 83.4 Å². The lowest BCUT2D eigenvalue weighted by Crippen LogP contribution is -3.34. The van der Waals surface area contributed by atoms with Crippen LogP contribution in [0.3, 0.4) is 0 Å². The first-order chi connectivity index (χ1) is 29.6. The van der Waals surface area contributed by atoms with Crippen molar-refractivity contribution in [1.29, 1.82) is 0 Å². The molecule has 0 amide bonds. The Balaban J connectivity index is 0.000000333. The van der Waals surface area contributed by atoms with Crippen molar-refractivity contribution in [1.82, 2.24) is 0 Å². The molecule has 6 atom stereocenters. The minimum Gasteiger partial charge on any atom is -0.743 e. The van der Waals surface area contributed by atoms with Crippen LogP contribution in [0.25, 0.3) is 0 Å². The number of quaternary nitrogens is 1. The third kappa shape index (κ3) is 10.8. The molecule has 2 saturated carbocycles. The summed E-state index contributed by atoms with van der Waals surface area (Å²) in [6.07, 6.45) is -6.36. The van der Waals surface area contributed by atoms with Gasteiger partial charge in [-0.1, -0.05) is 60.6 Å². The summed E-state index contributed by atoms with van der Waals surface area (Å²) in [5.74, 6) is -3.80. The van der Waals surface area contributed by atoms with Gasteiger partial charge in [0.1, 0.15) is 13.2 Å². The van der Waals surface area contributed by atoms with Crippen molar-refractivity contribution in [2.24, 2.45) is 21.7 Å². The van der Waals surface area contributed by atoms with Crippen molar-refractivity contribution < 1.29 is 118 Å². The van der Waals surface area contributed by atoms with E-state index in [0.29, 0.717) is 0 Å². The van der Waals surface area contributed by atoms with Gasteiger partial charge in [-0.15, -0.1) is 0 Å². The van der Waals surface area contributed by atoms with Crippen LogP contribution in [0.5, 0.6) is 0 Å². The normalized spacial score (nSPS) is 27.2. The van der Waals surface area contributed by atoms with Crippen LogP contribution in [-0.4, -0.2) is 117 Å². The van der Waals surface area contributed by atoms with E-state index in [1.807, 2.05) is 22.6 Å². The smallest absolute Gasteiger partial charge is 0.368 e. The summed E-state index contributed by atoms with van der Waals surface area (Å²) in [7, 11) is -12.5. The number of alkyl halides is 6. The third-order valence-electron chi connectivity index (χ3n) is 14.2. The molecule has 0 spiro atoms. The maximum Gasteiger partial charge on any atom is 0.368 e. The van der Waals surface area contributed by atoms with Crippen LogP contribution < -0.4 is 27.5 Å². The fourth-order valence-electron chi connectivity index (χ4n) is 8.15. The highest BCUT2D eigenvalue weighted by Gasteiger charge is 2.77. The van der Waals surface area contributed by atoms with Gasteiger partial charge in [-0.3, -0.25) is 9.59 Å². The van der Waals surface area contributed by atoms with E-state index < -0.39 is 113 Å². The number of carbonyl (C=O) groups excluding carboxylic acids is 4. The third-order valence-corrected chi connectivity index (χ3v) is 16.8. The van der Waals surface area contributed by atoms with Crippen LogP contribution in [0.2, 0.25) is 0 Å². The average molecular weight is 1110 g/mol. The number of rotatable bonds is 13. The first kappa shape index (κ1) is 59.3. The van der Waals surface area contributed by atoms with Crippen LogP contribution in [0.4, 0.5) is 26.3 Å². The molecule has 4 aliphatic rings. The van der Waals surface area contributed by atoms with Crippen molar-refractivity contribution in [3.05, 3.63) is 33.4 Å². The molecule has 1 aromatic carbocycles. The van der Waals surface area contributed by atoms with Crippen molar-refractivity contribution in [2.75, 3.05) is 32.8 Å². The number of benzene rings is 1. The zero-order valence-corrected chi connectivity index (χ0v) is 43.0. The van der Waals surface area contributed by atoms with Crippen LogP contribution in [0.15, 0.2) is 24.3 Å². The predicted molar refractivity (Wildman–Crippen MR) is 219 cm³/mol. The monoisotopic (exact) mass is 1110 g/mol. The van der Waals surface area contributed by atoms with Gasteiger partial charge in [0, 0.05) is 10.8 Å². The molecular weight excluding hydrogens is 1050 g/mol. The highest BCUT2D eigenvalue weighted by Crippen LogP contribution is 2.67. The molecule has 380 valence electrons. The second-order valence-corrected chi connectivity index (χ2v) is 23.3. The van der Waals surface area contributed by atoms with E-state index in [1.165, 1.54) is 28.8 Å². The summed E-state index contributed by atoms with van der Waals surface area (Å²) in [5, 5.41) is -10.5. The van der Waals surface area contributed by atoms with Crippen LogP contribution in [-0.2, 0) is 63.8 Å². The van der Waals surface area contributed by atoms with E-state index in [2.05, 4.69) is 75.3 Å². The van der Waals surface area contributed by atoms with Crippen LogP contribution in [0, 0.1) is 25.2 Å². The second kappa shape index (κ2) is 20.3. The molecule has 4 fully saturated rings. The van der Waals surface area contributed by atoms with Crippen LogP contribution >= 0.6 is 0 Å². The molecule has 15 nitrogen and oxygen atoms in total. The lowest BCUT2D eigenvalue weighted by Gasteiger charge is -2.34. The standard InChI is InChI=1S/2C13H17F3O7S.C10H14I.C6H15N/c2*1-10(2)11(3)4-5-12(10,23-8(11)17)9(18)22-6-7(14)13(15,16)24(19,20)21;1-10(2,3)8-4-6-9(11)7-5-8;1-4-7(5-2)6-3/h2*7H,4-6H2,1-3H3,(H,19,20,21);4-7,11H,1-3H3;4-6H2,1-3H3/q;;+1;/p-1. The highest BCUT2D eigenvalue weighted by atomic mass is 127. The molecule has 24 heteroatoms. The van der Waals surface area contributed by atoms with E-state index in [-0.39, 0.29) is 31.1 Å². The molecule has 1 aromatic rings. The molecule has 0 radical (unpaired) electrons. The Hall–Kier alpha value is -2.81. The summed E-state index contributed by atoms with van der Waals surface area (Å²) in [4.78, 5) is 50.2. The molecular formula is C42H62F6INO14S2. The Bertz CT molecular complexity index is 2050. The maximum absolute atomic E-state index is 13.4. The first-order valence-corrected chi connectivity index (χ1v) is 25.0. The summed E-state index contributed by atoms with van der Waals surface area (Å²) in [5.41, 5.74) is -5.86. The minimum atomic E-state index is -6.26. The van der Waals surface area contributed by atoms with Gasteiger partial charge in [0.15, 0.2) is 23.8 Å². The molecule has 5 rings (SSSR count). The van der Waals surface area contributed by atoms with Gasteiger partial charge < -0.3 is 33.0 Å². The van der Waals surface area contributed by atoms with Gasteiger partial charge in [0.05, 0.1) is 30.5 Å². The SMILES string of the molecule is CC(C)(C)c1ccc([IH+])cc1.CC12CCC(C(=O)OCC(F)C(F)(F)S(=O)(=O)[O-])(OC1=O)C2(C)C.CC12CCC(C(=O)OCC(F)C(F)(F)S(=O)(=O)[O-])(OC1=O)C2(C)C.CC[NH+](CC)CC. The van der Waals surface area contributed by atoms with E-state index in [0.717, 1.165) is 0 Å². The fourth-order valence-corrected chi connectivity index (χ4v) is 9.30. The second-order valence-electron chi connectivity index (χ2n) is 19.1. The molecule has 2 heterocycles. The van der Waals surface area contributed by atoms with Gasteiger partial charge in [-0.25, -0.2) is 35.2 Å². The quantitative estimate of drug-likeness (QED) is 0.0976. The molecule has 2 aliphatic heterocycles. The zero-order chi connectivity index (χ0) is 51.7. The fraction of sp³-hybridized carbons (Fsp3) is 0.762. The number of halogens is 7. The van der Waals surface area contributed by atoms with E-state index in [1.54, 1.807) is 46.4 Å². The Morgan fingerprint density at radius 1 is 0.682 bits per heavy atom. The maximum atomic E-state index is 13.4. The molecule has 0 aromatic heterocycles. The van der Waals surface area contributed by atoms with E-state index in [9.17, 15) is 71.5 Å². The number of hydrogen-bond donors (Lipinski definition) is 1. The Morgan fingerprint density at radius 2 is 0.985 bits per heavy atom. The molecule has 2 saturated heterocycles. The van der Waals surface area contributed by atoms with E-state index >= 15 is 0 Å². The summed E-state index contributed by atoms with van der Waals surface area (Å²) >= 11 is 2.05. The number of nitrogens with one attached hydrogen (secondary N) is 1. The number of carbonyl (C=O) groups is 4. The Labute approximate surface area is 396 Å². The van der Waals surface area contributed by atoms with Gasteiger partial charge >= 0.3 is 34.4 Å². The molecule has 6 unspecified atom stereocenters. The molecule has 1 N–H and O–H groups in total. The molecule has 2 aliphatic carbocycles. The average Bonchev–Trinajstić information content (AvgIpc) is 3.67. The topological polar surface area (TPSA) is 224 Å². The van der Waals surface area contributed by atoms with Crippen molar-refractivity contribution >= 4 is 44.1 Å². The summed E-state index contributed by atoms with van der Waals surface area (Å²) in [6, 6.07) is 8.76. The predicted octanol–water partition coefficient (Wildman–Crippen LogP) is 1.63. The van der Waals surface area contributed by atoms with Crippen molar-refractivity contribution in [2.45, 2.75) is 148 Å². The highest BCUT2D eigenvalue weighted by molar-refractivity contribution is 7.87. The number of hydrogen-bond acceptors (Lipinski definition) is 14. The molecule has 4 bridgehead atoms.